The molecule has 2 aromatic carbocycles. The molecule has 0 spiro atoms. The zero-order valence-electron chi connectivity index (χ0n) is 12.1. The predicted octanol–water partition coefficient (Wildman–Crippen LogP) is 3.19. The first kappa shape index (κ1) is 14.9. The number of hydrogen-bond donors (Lipinski definition) is 1. The highest BCUT2D eigenvalue weighted by Crippen LogP contribution is 2.31. The number of nitrogens with one attached hydrogen (secondary N) is 1. The van der Waals surface area contributed by atoms with Crippen LogP contribution in [-0.2, 0) is 6.42 Å². The number of benzene rings is 2. The number of rotatable bonds is 4. The van der Waals surface area contributed by atoms with Crippen molar-refractivity contribution in [3.05, 3.63) is 58.1 Å². The molecule has 0 aliphatic carbocycles. The molecule has 2 aromatic rings. The van der Waals surface area contributed by atoms with Crippen LogP contribution in [0, 0.1) is 0 Å². The van der Waals surface area contributed by atoms with Gasteiger partial charge in [0.05, 0.1) is 19.2 Å². The van der Waals surface area contributed by atoms with Gasteiger partial charge in [0.2, 0.25) is 0 Å². The Morgan fingerprint density at radius 3 is 2.95 bits per heavy atom. The van der Waals surface area contributed by atoms with E-state index in [2.05, 4.69) is 21.2 Å². The van der Waals surface area contributed by atoms with Crippen molar-refractivity contribution in [2.24, 2.45) is 0 Å². The molecule has 4 nitrogen and oxygen atoms in total. The van der Waals surface area contributed by atoms with E-state index in [-0.39, 0.29) is 12.0 Å². The van der Waals surface area contributed by atoms with Crippen LogP contribution in [0.4, 0.5) is 0 Å². The van der Waals surface area contributed by atoms with E-state index in [1.165, 1.54) is 0 Å². The van der Waals surface area contributed by atoms with Crippen LogP contribution >= 0.6 is 15.9 Å². The summed E-state index contributed by atoms with van der Waals surface area (Å²) in [5, 5.41) is 2.92. The molecule has 0 bridgehead atoms. The molecule has 114 valence electrons. The SMILES string of the molecule is COc1ccc2c(c1)CC(CNC(=O)c1ccccc1Br)O2. The van der Waals surface area contributed by atoms with Gasteiger partial charge in [-0.1, -0.05) is 12.1 Å². The van der Waals surface area contributed by atoms with Crippen molar-refractivity contribution < 1.29 is 14.3 Å². The second kappa shape index (κ2) is 6.40. The topological polar surface area (TPSA) is 47.6 Å². The maximum absolute atomic E-state index is 12.2. The second-order valence-electron chi connectivity index (χ2n) is 5.11. The highest BCUT2D eigenvalue weighted by atomic mass is 79.9. The van der Waals surface area contributed by atoms with Gasteiger partial charge in [-0.25, -0.2) is 0 Å². The van der Waals surface area contributed by atoms with E-state index < -0.39 is 0 Å². The van der Waals surface area contributed by atoms with Crippen LogP contribution in [0.5, 0.6) is 11.5 Å². The molecule has 1 aliphatic heterocycles. The molecular formula is C17H16BrNO3. The number of fused-ring (bicyclic) bond motifs is 1. The maximum Gasteiger partial charge on any atom is 0.252 e. The van der Waals surface area contributed by atoms with Crippen molar-refractivity contribution in [2.75, 3.05) is 13.7 Å². The normalized spacial score (nSPS) is 15.8. The van der Waals surface area contributed by atoms with Crippen molar-refractivity contribution in [1.29, 1.82) is 0 Å². The number of halogens is 1. The Morgan fingerprint density at radius 2 is 2.18 bits per heavy atom. The van der Waals surface area contributed by atoms with Gasteiger partial charge >= 0.3 is 0 Å². The number of methoxy groups -OCH3 is 1. The first-order chi connectivity index (χ1) is 10.7. The molecular weight excluding hydrogens is 346 g/mol. The van der Waals surface area contributed by atoms with Crippen LogP contribution in [0.1, 0.15) is 15.9 Å². The molecule has 0 saturated heterocycles. The van der Waals surface area contributed by atoms with Crippen LogP contribution in [0.25, 0.3) is 0 Å². The van der Waals surface area contributed by atoms with Crippen molar-refractivity contribution >= 4 is 21.8 Å². The van der Waals surface area contributed by atoms with Gasteiger partial charge in [-0.2, -0.15) is 0 Å². The lowest BCUT2D eigenvalue weighted by molar-refractivity contribution is 0.0933. The summed E-state index contributed by atoms with van der Waals surface area (Å²) in [7, 11) is 1.65. The minimum absolute atomic E-state index is 0.0476. The van der Waals surface area contributed by atoms with Crippen molar-refractivity contribution in [3.63, 3.8) is 0 Å². The average molecular weight is 362 g/mol. The molecule has 0 aromatic heterocycles. The third-order valence-electron chi connectivity index (χ3n) is 3.62. The molecule has 3 rings (SSSR count). The van der Waals surface area contributed by atoms with Gasteiger partial charge in [0.1, 0.15) is 17.6 Å². The van der Waals surface area contributed by atoms with Gasteiger partial charge in [0.15, 0.2) is 0 Å². The van der Waals surface area contributed by atoms with Crippen LogP contribution in [0.3, 0.4) is 0 Å². The lowest BCUT2D eigenvalue weighted by Crippen LogP contribution is -2.34. The smallest absolute Gasteiger partial charge is 0.252 e. The van der Waals surface area contributed by atoms with Crippen LogP contribution < -0.4 is 14.8 Å². The zero-order valence-corrected chi connectivity index (χ0v) is 13.7. The average Bonchev–Trinajstić information content (AvgIpc) is 2.94. The van der Waals surface area contributed by atoms with E-state index in [9.17, 15) is 4.79 Å². The van der Waals surface area contributed by atoms with Gasteiger partial charge in [-0.05, 0) is 46.3 Å². The number of amides is 1. The van der Waals surface area contributed by atoms with E-state index in [1.807, 2.05) is 36.4 Å². The second-order valence-corrected chi connectivity index (χ2v) is 5.96. The monoisotopic (exact) mass is 361 g/mol. The molecule has 0 fully saturated rings. The molecule has 0 radical (unpaired) electrons. The molecule has 1 amide bonds. The third kappa shape index (κ3) is 3.09. The van der Waals surface area contributed by atoms with Gasteiger partial charge < -0.3 is 14.8 Å². The molecule has 22 heavy (non-hydrogen) atoms. The predicted molar refractivity (Wildman–Crippen MR) is 87.6 cm³/mol. The first-order valence-corrected chi connectivity index (χ1v) is 7.83. The highest BCUT2D eigenvalue weighted by molar-refractivity contribution is 9.10. The minimum Gasteiger partial charge on any atom is -0.497 e. The Morgan fingerprint density at radius 1 is 1.36 bits per heavy atom. The fraction of sp³-hybridized carbons (Fsp3) is 0.235. The molecule has 1 unspecified atom stereocenters. The summed E-state index contributed by atoms with van der Waals surface area (Å²) in [5.74, 6) is 1.57. The number of carbonyl (C=O) groups excluding carboxylic acids is 1. The molecule has 5 heteroatoms. The van der Waals surface area contributed by atoms with Crippen molar-refractivity contribution in [1.82, 2.24) is 5.32 Å². The zero-order chi connectivity index (χ0) is 15.5. The van der Waals surface area contributed by atoms with E-state index in [1.54, 1.807) is 13.2 Å². The summed E-state index contributed by atoms with van der Waals surface area (Å²) in [4.78, 5) is 12.2. The molecule has 1 aliphatic rings. The Bertz CT molecular complexity index is 702. The van der Waals surface area contributed by atoms with Gasteiger partial charge in [-0.15, -0.1) is 0 Å². The minimum atomic E-state index is -0.107. The van der Waals surface area contributed by atoms with Crippen LogP contribution in [0.15, 0.2) is 46.9 Å². The number of carbonyl (C=O) groups is 1. The molecule has 1 atom stereocenters. The van der Waals surface area contributed by atoms with E-state index in [4.69, 9.17) is 9.47 Å². The lowest BCUT2D eigenvalue weighted by Gasteiger charge is -2.12. The number of ether oxygens (including phenoxy) is 2. The van der Waals surface area contributed by atoms with Crippen molar-refractivity contribution in [2.45, 2.75) is 12.5 Å². The lowest BCUT2D eigenvalue weighted by atomic mass is 10.1. The standard InChI is InChI=1S/C17H16BrNO3/c1-21-12-6-7-16-11(8-12)9-13(22-16)10-19-17(20)14-4-2-3-5-15(14)18/h2-8,13H,9-10H2,1H3,(H,19,20). The van der Waals surface area contributed by atoms with Crippen LogP contribution in [-0.4, -0.2) is 25.7 Å². The van der Waals surface area contributed by atoms with Crippen molar-refractivity contribution in [3.8, 4) is 11.5 Å². The van der Waals surface area contributed by atoms with E-state index in [0.29, 0.717) is 12.1 Å². The van der Waals surface area contributed by atoms with Crippen LogP contribution in [0.2, 0.25) is 0 Å². The molecule has 0 saturated carbocycles. The summed E-state index contributed by atoms with van der Waals surface area (Å²) in [6.45, 7) is 0.469. The highest BCUT2D eigenvalue weighted by Gasteiger charge is 2.24. The van der Waals surface area contributed by atoms with Gasteiger partial charge in [0, 0.05) is 16.5 Å². The van der Waals surface area contributed by atoms with E-state index in [0.717, 1.165) is 28.0 Å². The Balaban J connectivity index is 1.60. The molecule has 1 N–H and O–H groups in total. The Labute approximate surface area is 137 Å². The third-order valence-corrected chi connectivity index (χ3v) is 4.31. The maximum atomic E-state index is 12.2. The van der Waals surface area contributed by atoms with Gasteiger partial charge in [-0.3, -0.25) is 4.79 Å². The summed E-state index contributed by atoms with van der Waals surface area (Å²) in [5.41, 5.74) is 1.74. The summed E-state index contributed by atoms with van der Waals surface area (Å²) in [6.07, 6.45) is 0.719. The summed E-state index contributed by atoms with van der Waals surface area (Å²) in [6, 6.07) is 13.1. The van der Waals surface area contributed by atoms with E-state index >= 15 is 0 Å². The fourth-order valence-electron chi connectivity index (χ4n) is 2.48. The summed E-state index contributed by atoms with van der Waals surface area (Å²) < 4.78 is 11.8. The Kier molecular flexibility index (Phi) is 4.34. The Hall–Kier alpha value is -2.01. The fourth-order valence-corrected chi connectivity index (χ4v) is 2.95. The summed E-state index contributed by atoms with van der Waals surface area (Å²) >= 11 is 3.38. The molecule has 1 heterocycles. The first-order valence-electron chi connectivity index (χ1n) is 7.03. The largest absolute Gasteiger partial charge is 0.497 e. The van der Waals surface area contributed by atoms with Gasteiger partial charge in [0.25, 0.3) is 5.91 Å². The number of hydrogen-bond acceptors (Lipinski definition) is 3. The quantitative estimate of drug-likeness (QED) is 0.909.